The van der Waals surface area contributed by atoms with Crippen LogP contribution in [0.1, 0.15) is 35.9 Å². The van der Waals surface area contributed by atoms with Crippen LogP contribution in [0.15, 0.2) is 27.2 Å². The van der Waals surface area contributed by atoms with Crippen LogP contribution in [0.3, 0.4) is 0 Å². The zero-order chi connectivity index (χ0) is 14.2. The van der Waals surface area contributed by atoms with Gasteiger partial charge < -0.3 is 9.63 Å². The van der Waals surface area contributed by atoms with Crippen LogP contribution >= 0.6 is 15.9 Å². The molecule has 0 aliphatic rings. The summed E-state index contributed by atoms with van der Waals surface area (Å²) in [6, 6.07) is 3.97. The highest BCUT2D eigenvalue weighted by molar-refractivity contribution is 9.10. The average Bonchev–Trinajstić information content (AvgIpc) is 2.73. The highest BCUT2D eigenvalue weighted by Crippen LogP contribution is 2.34. The summed E-state index contributed by atoms with van der Waals surface area (Å²) < 4.78 is 18.6. The molecule has 0 unspecified atom stereocenters. The Labute approximate surface area is 117 Å². The molecule has 2 aromatic rings. The van der Waals surface area contributed by atoms with Crippen molar-refractivity contribution >= 4 is 21.9 Å². The van der Waals surface area contributed by atoms with Crippen molar-refractivity contribution in [1.29, 1.82) is 0 Å². The van der Waals surface area contributed by atoms with Crippen LogP contribution in [0.25, 0.3) is 11.3 Å². The van der Waals surface area contributed by atoms with Crippen molar-refractivity contribution in [3.05, 3.63) is 39.8 Å². The quantitative estimate of drug-likeness (QED) is 0.923. The maximum Gasteiger partial charge on any atom is 0.341 e. The molecule has 19 heavy (non-hydrogen) atoms. The monoisotopic (exact) mass is 327 g/mol. The van der Waals surface area contributed by atoms with E-state index in [9.17, 15) is 14.3 Å². The molecule has 2 rings (SSSR count). The summed E-state index contributed by atoms with van der Waals surface area (Å²) in [7, 11) is 0. The molecule has 0 aliphatic carbocycles. The molecule has 4 nitrogen and oxygen atoms in total. The number of benzene rings is 1. The van der Waals surface area contributed by atoms with E-state index in [1.54, 1.807) is 0 Å². The minimum absolute atomic E-state index is 0.0160. The Kier molecular flexibility index (Phi) is 3.71. The van der Waals surface area contributed by atoms with Gasteiger partial charge in [-0.15, -0.1) is 0 Å². The largest absolute Gasteiger partial charge is 0.477 e. The first-order valence-corrected chi connectivity index (χ1v) is 6.39. The number of carboxylic acid groups (broad SMARTS) is 1. The van der Waals surface area contributed by atoms with Crippen molar-refractivity contribution in [2.75, 3.05) is 0 Å². The van der Waals surface area contributed by atoms with Crippen LogP contribution in [-0.2, 0) is 0 Å². The third-order valence-electron chi connectivity index (χ3n) is 2.64. The molecular weight excluding hydrogens is 317 g/mol. The van der Waals surface area contributed by atoms with Gasteiger partial charge in [0.05, 0.1) is 0 Å². The third kappa shape index (κ3) is 2.53. The highest BCUT2D eigenvalue weighted by atomic mass is 79.9. The van der Waals surface area contributed by atoms with Gasteiger partial charge in [-0.05, 0) is 34.1 Å². The zero-order valence-electron chi connectivity index (χ0n) is 10.3. The Hall–Kier alpha value is -1.69. The lowest BCUT2D eigenvalue weighted by atomic mass is 10.0. The van der Waals surface area contributed by atoms with Crippen molar-refractivity contribution in [1.82, 2.24) is 5.16 Å². The third-order valence-corrected chi connectivity index (χ3v) is 3.30. The van der Waals surface area contributed by atoms with Crippen LogP contribution in [0.2, 0.25) is 0 Å². The summed E-state index contributed by atoms with van der Waals surface area (Å²) in [5, 5.41) is 13.1. The molecule has 0 bridgehead atoms. The molecule has 0 atom stereocenters. The SMILES string of the molecule is CC(C)c1onc(-c2ccc(F)cc2Br)c1C(=O)O. The Morgan fingerprint density at radius 3 is 2.68 bits per heavy atom. The van der Waals surface area contributed by atoms with Gasteiger partial charge in [0, 0.05) is 16.0 Å². The highest BCUT2D eigenvalue weighted by Gasteiger charge is 2.26. The van der Waals surface area contributed by atoms with E-state index in [0.29, 0.717) is 15.8 Å². The number of rotatable bonds is 3. The fourth-order valence-electron chi connectivity index (χ4n) is 1.77. The molecule has 0 radical (unpaired) electrons. The first kappa shape index (κ1) is 13.7. The summed E-state index contributed by atoms with van der Waals surface area (Å²) >= 11 is 3.20. The predicted molar refractivity (Wildman–Crippen MR) is 70.6 cm³/mol. The Bertz CT molecular complexity index is 637. The standard InChI is InChI=1S/C13H11BrFNO3/c1-6(2)12-10(13(17)18)11(16-19-12)8-4-3-7(15)5-9(8)14/h3-6H,1-2H3,(H,17,18). The number of hydrogen-bond acceptors (Lipinski definition) is 3. The van der Waals surface area contributed by atoms with Crippen molar-refractivity contribution in [3.63, 3.8) is 0 Å². The Balaban J connectivity index is 2.66. The molecule has 0 saturated heterocycles. The van der Waals surface area contributed by atoms with Gasteiger partial charge in [0.25, 0.3) is 0 Å². The molecule has 0 aliphatic heterocycles. The maximum absolute atomic E-state index is 13.1. The molecule has 0 amide bonds. The van der Waals surface area contributed by atoms with E-state index in [1.807, 2.05) is 13.8 Å². The van der Waals surface area contributed by atoms with Crippen LogP contribution in [-0.4, -0.2) is 16.2 Å². The van der Waals surface area contributed by atoms with E-state index >= 15 is 0 Å². The number of aromatic nitrogens is 1. The molecular formula is C13H11BrFNO3. The minimum Gasteiger partial charge on any atom is -0.477 e. The molecule has 100 valence electrons. The lowest BCUT2D eigenvalue weighted by Gasteiger charge is -2.03. The van der Waals surface area contributed by atoms with E-state index in [1.165, 1.54) is 18.2 Å². The first-order chi connectivity index (χ1) is 8.91. The number of nitrogens with zero attached hydrogens (tertiary/aromatic N) is 1. The molecule has 1 heterocycles. The lowest BCUT2D eigenvalue weighted by molar-refractivity contribution is 0.0694. The summed E-state index contributed by atoms with van der Waals surface area (Å²) in [6.07, 6.45) is 0. The fraction of sp³-hybridized carbons (Fsp3) is 0.231. The van der Waals surface area contributed by atoms with Crippen LogP contribution in [0.5, 0.6) is 0 Å². The number of carboxylic acids is 1. The molecule has 1 N–H and O–H groups in total. The summed E-state index contributed by atoms with van der Waals surface area (Å²) in [6.45, 7) is 3.63. The lowest BCUT2D eigenvalue weighted by Crippen LogP contribution is -2.02. The van der Waals surface area contributed by atoms with E-state index in [4.69, 9.17) is 4.52 Å². The summed E-state index contributed by atoms with van der Waals surface area (Å²) in [4.78, 5) is 11.4. The van der Waals surface area contributed by atoms with E-state index in [-0.39, 0.29) is 17.2 Å². The van der Waals surface area contributed by atoms with Gasteiger partial charge in [-0.1, -0.05) is 19.0 Å². The van der Waals surface area contributed by atoms with Crippen molar-refractivity contribution in [2.45, 2.75) is 19.8 Å². The first-order valence-electron chi connectivity index (χ1n) is 5.60. The van der Waals surface area contributed by atoms with E-state index < -0.39 is 11.8 Å². The predicted octanol–water partition coefficient (Wildman–Crippen LogP) is 4.06. The zero-order valence-corrected chi connectivity index (χ0v) is 11.9. The minimum atomic E-state index is -1.11. The molecule has 0 fully saturated rings. The van der Waals surface area contributed by atoms with Crippen LogP contribution < -0.4 is 0 Å². The second-order valence-corrected chi connectivity index (χ2v) is 5.21. The van der Waals surface area contributed by atoms with Crippen molar-refractivity contribution < 1.29 is 18.8 Å². The number of aromatic carboxylic acids is 1. The van der Waals surface area contributed by atoms with Gasteiger partial charge in [0.1, 0.15) is 17.1 Å². The van der Waals surface area contributed by atoms with E-state index in [2.05, 4.69) is 21.1 Å². The van der Waals surface area contributed by atoms with Gasteiger partial charge in [-0.2, -0.15) is 0 Å². The van der Waals surface area contributed by atoms with E-state index in [0.717, 1.165) is 0 Å². The Morgan fingerprint density at radius 2 is 2.16 bits per heavy atom. The molecule has 1 aromatic carbocycles. The second kappa shape index (κ2) is 5.13. The number of halogens is 2. The molecule has 6 heteroatoms. The van der Waals surface area contributed by atoms with Gasteiger partial charge in [0.15, 0.2) is 5.76 Å². The van der Waals surface area contributed by atoms with Crippen LogP contribution in [0, 0.1) is 5.82 Å². The van der Waals surface area contributed by atoms with Crippen molar-refractivity contribution in [3.8, 4) is 11.3 Å². The fourth-order valence-corrected chi connectivity index (χ4v) is 2.31. The van der Waals surface area contributed by atoms with Crippen molar-refractivity contribution in [2.24, 2.45) is 0 Å². The summed E-state index contributed by atoms with van der Waals surface area (Å²) in [5.74, 6) is -1.33. The smallest absolute Gasteiger partial charge is 0.341 e. The number of hydrogen-bond donors (Lipinski definition) is 1. The van der Waals surface area contributed by atoms with Gasteiger partial charge in [-0.3, -0.25) is 0 Å². The van der Waals surface area contributed by atoms with Gasteiger partial charge in [0.2, 0.25) is 0 Å². The Morgan fingerprint density at radius 1 is 1.47 bits per heavy atom. The molecule has 0 saturated carbocycles. The second-order valence-electron chi connectivity index (χ2n) is 4.35. The van der Waals surface area contributed by atoms with Gasteiger partial charge >= 0.3 is 5.97 Å². The molecule has 1 aromatic heterocycles. The summed E-state index contributed by atoms with van der Waals surface area (Å²) in [5.41, 5.74) is 0.694. The average molecular weight is 328 g/mol. The maximum atomic E-state index is 13.1. The normalized spacial score (nSPS) is 11.0. The topological polar surface area (TPSA) is 63.3 Å². The van der Waals surface area contributed by atoms with Gasteiger partial charge in [-0.25, -0.2) is 9.18 Å². The number of carbonyl (C=O) groups is 1. The molecule has 0 spiro atoms. The van der Waals surface area contributed by atoms with Crippen LogP contribution in [0.4, 0.5) is 4.39 Å².